The lowest BCUT2D eigenvalue weighted by Crippen LogP contribution is -2.07. The highest BCUT2D eigenvalue weighted by Gasteiger charge is 2.27. The summed E-state index contributed by atoms with van der Waals surface area (Å²) in [5, 5.41) is 0.354. The van der Waals surface area contributed by atoms with E-state index in [2.05, 4.69) is 0 Å². The Hall–Kier alpha value is -4.40. The molecule has 0 saturated heterocycles. The summed E-state index contributed by atoms with van der Waals surface area (Å²) in [6, 6.07) is 7.62. The van der Waals surface area contributed by atoms with E-state index in [1.807, 2.05) is 6.92 Å². The number of methoxy groups -OCH3 is 1. The van der Waals surface area contributed by atoms with Crippen molar-refractivity contribution in [2.24, 2.45) is 0 Å². The first-order valence-corrected chi connectivity index (χ1v) is 10.2. The summed E-state index contributed by atoms with van der Waals surface area (Å²) in [4.78, 5) is 47.5. The fraction of sp³-hybridized carbons (Fsp3) is 0.200. The van der Waals surface area contributed by atoms with Crippen LogP contribution < -0.4 is 14.2 Å². The minimum atomic E-state index is -0.696. The molecule has 0 aliphatic rings. The van der Waals surface area contributed by atoms with Gasteiger partial charge in [-0.2, -0.15) is 0 Å². The van der Waals surface area contributed by atoms with Crippen LogP contribution in [0.25, 0.3) is 28.4 Å². The summed E-state index contributed by atoms with van der Waals surface area (Å²) in [5.74, 6) is -2.36. The molecule has 0 bridgehead atoms. The van der Waals surface area contributed by atoms with Crippen molar-refractivity contribution in [3.8, 4) is 28.6 Å². The Balaban J connectivity index is 2.33. The zero-order valence-corrected chi connectivity index (χ0v) is 19.2. The highest BCUT2D eigenvalue weighted by atomic mass is 16.6. The molecule has 0 saturated carbocycles. The number of fused-ring (bicyclic) bond motifs is 1. The zero-order chi connectivity index (χ0) is 25.0. The third kappa shape index (κ3) is 5.15. The standard InChI is InChI=1S/C25H22O9/c1-6-7-16-10-18-22(25(29)30-5)23(34-24(18)21(11-16)33-15(4)28)17-8-9-19(31-13(2)26)20(12-17)32-14(3)27/h6-12H,1-5H3/b7-6+. The largest absolute Gasteiger partial charge is 0.465 e. The Morgan fingerprint density at radius 2 is 1.44 bits per heavy atom. The van der Waals surface area contributed by atoms with Crippen LogP contribution in [0, 0.1) is 0 Å². The highest BCUT2D eigenvalue weighted by molar-refractivity contribution is 6.10. The van der Waals surface area contributed by atoms with Crippen molar-refractivity contribution in [1.29, 1.82) is 0 Å². The Labute approximate surface area is 194 Å². The van der Waals surface area contributed by atoms with Crippen molar-refractivity contribution >= 4 is 40.9 Å². The van der Waals surface area contributed by atoms with Crippen LogP contribution in [0.15, 0.2) is 40.8 Å². The van der Waals surface area contributed by atoms with E-state index < -0.39 is 23.9 Å². The van der Waals surface area contributed by atoms with Gasteiger partial charge in [0, 0.05) is 31.7 Å². The number of hydrogen-bond acceptors (Lipinski definition) is 9. The Bertz CT molecular complexity index is 1330. The van der Waals surface area contributed by atoms with Gasteiger partial charge in [-0.1, -0.05) is 12.2 Å². The lowest BCUT2D eigenvalue weighted by atomic mass is 10.0. The Kier molecular flexibility index (Phi) is 7.15. The van der Waals surface area contributed by atoms with E-state index in [9.17, 15) is 19.2 Å². The van der Waals surface area contributed by atoms with Gasteiger partial charge in [0.05, 0.1) is 7.11 Å². The van der Waals surface area contributed by atoms with Crippen molar-refractivity contribution in [2.75, 3.05) is 7.11 Å². The van der Waals surface area contributed by atoms with Crippen LogP contribution in [0.5, 0.6) is 17.2 Å². The molecule has 0 radical (unpaired) electrons. The second-order valence-electron chi connectivity index (χ2n) is 7.14. The van der Waals surface area contributed by atoms with Gasteiger partial charge in [0.2, 0.25) is 0 Å². The van der Waals surface area contributed by atoms with Gasteiger partial charge in [-0.25, -0.2) is 4.79 Å². The smallest absolute Gasteiger partial charge is 0.342 e. The molecule has 9 heteroatoms. The second-order valence-corrected chi connectivity index (χ2v) is 7.14. The van der Waals surface area contributed by atoms with Crippen LogP contribution in [-0.4, -0.2) is 31.0 Å². The van der Waals surface area contributed by atoms with Crippen molar-refractivity contribution in [1.82, 2.24) is 0 Å². The number of carbonyl (C=O) groups is 4. The molecule has 0 amide bonds. The maximum Gasteiger partial charge on any atom is 0.342 e. The molecule has 34 heavy (non-hydrogen) atoms. The van der Waals surface area contributed by atoms with Gasteiger partial charge in [0.15, 0.2) is 22.8 Å². The van der Waals surface area contributed by atoms with Gasteiger partial charge < -0.3 is 23.4 Å². The van der Waals surface area contributed by atoms with E-state index in [1.165, 1.54) is 46.1 Å². The molecule has 9 nitrogen and oxygen atoms in total. The molecule has 0 fully saturated rings. The summed E-state index contributed by atoms with van der Waals surface area (Å²) < 4.78 is 26.6. The van der Waals surface area contributed by atoms with E-state index in [1.54, 1.807) is 24.3 Å². The van der Waals surface area contributed by atoms with Gasteiger partial charge >= 0.3 is 23.9 Å². The predicted molar refractivity (Wildman–Crippen MR) is 122 cm³/mol. The average molecular weight is 466 g/mol. The number of ether oxygens (including phenoxy) is 4. The van der Waals surface area contributed by atoms with Gasteiger partial charge in [0.25, 0.3) is 0 Å². The maximum absolute atomic E-state index is 12.8. The molecule has 0 aliphatic heterocycles. The first kappa shape index (κ1) is 24.2. The van der Waals surface area contributed by atoms with E-state index >= 15 is 0 Å². The topological polar surface area (TPSA) is 118 Å². The third-order valence-corrected chi connectivity index (χ3v) is 4.49. The molecular formula is C25H22O9. The molecule has 0 spiro atoms. The van der Waals surface area contributed by atoms with Crippen molar-refractivity contribution in [3.63, 3.8) is 0 Å². The van der Waals surface area contributed by atoms with E-state index in [-0.39, 0.29) is 34.2 Å². The number of benzene rings is 2. The maximum atomic E-state index is 12.8. The summed E-state index contributed by atoms with van der Waals surface area (Å²) >= 11 is 0. The van der Waals surface area contributed by atoms with Gasteiger partial charge in [-0.05, 0) is 42.8 Å². The first-order chi connectivity index (χ1) is 16.1. The lowest BCUT2D eigenvalue weighted by Gasteiger charge is -2.10. The third-order valence-electron chi connectivity index (χ3n) is 4.49. The number of allylic oxidation sites excluding steroid dienone is 1. The molecule has 2 aromatic carbocycles. The number of hydrogen-bond donors (Lipinski definition) is 0. The average Bonchev–Trinajstić information content (AvgIpc) is 3.13. The molecular weight excluding hydrogens is 444 g/mol. The van der Waals surface area contributed by atoms with Crippen molar-refractivity contribution in [2.45, 2.75) is 27.7 Å². The molecule has 1 heterocycles. The van der Waals surface area contributed by atoms with Crippen molar-refractivity contribution < 1.29 is 42.5 Å². The lowest BCUT2D eigenvalue weighted by molar-refractivity contribution is -0.134. The van der Waals surface area contributed by atoms with E-state index in [0.717, 1.165) is 0 Å². The fourth-order valence-corrected chi connectivity index (χ4v) is 3.34. The van der Waals surface area contributed by atoms with Crippen LogP contribution in [-0.2, 0) is 19.1 Å². The molecule has 0 aliphatic carbocycles. The number of esters is 4. The summed E-state index contributed by atoms with van der Waals surface area (Å²) in [6.07, 6.45) is 3.56. The Morgan fingerprint density at radius 3 is 2.03 bits per heavy atom. The summed E-state index contributed by atoms with van der Waals surface area (Å²) in [5.41, 5.74) is 1.21. The molecule has 3 rings (SSSR count). The Morgan fingerprint density at radius 1 is 0.824 bits per heavy atom. The fourth-order valence-electron chi connectivity index (χ4n) is 3.34. The van der Waals surface area contributed by atoms with Crippen LogP contribution in [0.1, 0.15) is 43.6 Å². The van der Waals surface area contributed by atoms with Gasteiger partial charge in [-0.15, -0.1) is 0 Å². The van der Waals surface area contributed by atoms with Crippen LogP contribution in [0.4, 0.5) is 0 Å². The van der Waals surface area contributed by atoms with E-state index in [0.29, 0.717) is 16.5 Å². The van der Waals surface area contributed by atoms with E-state index in [4.69, 9.17) is 23.4 Å². The molecule has 1 aromatic heterocycles. The molecule has 176 valence electrons. The van der Waals surface area contributed by atoms with Crippen LogP contribution in [0.3, 0.4) is 0 Å². The number of rotatable bonds is 6. The molecule has 0 unspecified atom stereocenters. The summed E-state index contributed by atoms with van der Waals surface area (Å²) in [7, 11) is 1.22. The first-order valence-electron chi connectivity index (χ1n) is 10.2. The van der Waals surface area contributed by atoms with Crippen molar-refractivity contribution in [3.05, 3.63) is 47.5 Å². The highest BCUT2D eigenvalue weighted by Crippen LogP contribution is 2.42. The zero-order valence-electron chi connectivity index (χ0n) is 19.2. The predicted octanol–water partition coefficient (Wildman–Crippen LogP) is 4.70. The quantitative estimate of drug-likeness (QED) is 0.376. The number of furan rings is 1. The molecule has 0 N–H and O–H groups in total. The second kappa shape index (κ2) is 10.0. The van der Waals surface area contributed by atoms with Gasteiger partial charge in [-0.3, -0.25) is 14.4 Å². The number of carbonyl (C=O) groups excluding carboxylic acids is 4. The van der Waals surface area contributed by atoms with Crippen LogP contribution in [0.2, 0.25) is 0 Å². The minimum Gasteiger partial charge on any atom is -0.465 e. The molecule has 0 atom stereocenters. The van der Waals surface area contributed by atoms with Gasteiger partial charge in [0.1, 0.15) is 11.3 Å². The van der Waals surface area contributed by atoms with Crippen LogP contribution >= 0.6 is 0 Å². The molecule has 3 aromatic rings. The minimum absolute atomic E-state index is 0.0122. The normalized spacial score (nSPS) is 10.9. The summed E-state index contributed by atoms with van der Waals surface area (Å²) in [6.45, 7) is 5.47. The monoisotopic (exact) mass is 466 g/mol. The SMILES string of the molecule is C/C=C/c1cc(OC(C)=O)c2oc(-c3ccc(OC(C)=O)c(OC(C)=O)c3)c(C(=O)OC)c2c1.